The third-order valence-corrected chi connectivity index (χ3v) is 5.98. The summed E-state index contributed by atoms with van der Waals surface area (Å²) in [7, 11) is 0. The summed E-state index contributed by atoms with van der Waals surface area (Å²) in [4.78, 5) is 32.9. The van der Waals surface area contributed by atoms with Crippen molar-refractivity contribution in [2.24, 2.45) is 5.92 Å². The van der Waals surface area contributed by atoms with Crippen LogP contribution >= 0.6 is 0 Å². The molecule has 36 heavy (non-hydrogen) atoms. The zero-order valence-corrected chi connectivity index (χ0v) is 19.1. The Balaban J connectivity index is 1.40. The summed E-state index contributed by atoms with van der Waals surface area (Å²) >= 11 is 0. The Labute approximate surface area is 203 Å². The molecule has 0 aliphatic carbocycles. The van der Waals surface area contributed by atoms with Crippen molar-refractivity contribution >= 4 is 23.1 Å². The van der Waals surface area contributed by atoms with Gasteiger partial charge < -0.3 is 18.6 Å². The molecule has 5 rings (SSSR count). The Morgan fingerprint density at radius 1 is 1.19 bits per heavy atom. The number of aromatic nitrogens is 4. The van der Waals surface area contributed by atoms with Crippen LogP contribution in [0.3, 0.4) is 0 Å². The summed E-state index contributed by atoms with van der Waals surface area (Å²) in [5.41, 5.74) is 1.77. The van der Waals surface area contributed by atoms with E-state index in [1.165, 1.54) is 23.1 Å². The SMILES string of the molecule is CCC(=O)N1CC(C(=O)N(Cc2cn3ccc(-c4nnc(C(F)F)o4)cc3n2)c2cccc(F)c2)C1. The number of rotatable bonds is 7. The van der Waals surface area contributed by atoms with E-state index in [1.54, 1.807) is 46.8 Å². The predicted molar refractivity (Wildman–Crippen MR) is 121 cm³/mol. The number of pyridine rings is 1. The fraction of sp³-hybridized carbons (Fsp3) is 0.292. The van der Waals surface area contributed by atoms with E-state index in [2.05, 4.69) is 15.2 Å². The second-order valence-electron chi connectivity index (χ2n) is 8.41. The van der Waals surface area contributed by atoms with Gasteiger partial charge in [-0.15, -0.1) is 10.2 Å². The molecule has 4 heterocycles. The molecule has 0 saturated carbocycles. The number of halogens is 3. The number of amides is 2. The predicted octanol–water partition coefficient (Wildman–Crippen LogP) is 3.86. The zero-order chi connectivity index (χ0) is 25.4. The van der Waals surface area contributed by atoms with E-state index < -0.39 is 24.1 Å². The number of alkyl halides is 2. The van der Waals surface area contributed by atoms with E-state index in [-0.39, 0.29) is 24.2 Å². The monoisotopic (exact) mass is 498 g/mol. The van der Waals surface area contributed by atoms with Gasteiger partial charge >= 0.3 is 6.43 Å². The topological polar surface area (TPSA) is 96.8 Å². The number of carbonyl (C=O) groups excluding carboxylic acids is 2. The van der Waals surface area contributed by atoms with Crippen LogP contribution in [-0.2, 0) is 16.1 Å². The molecule has 12 heteroatoms. The van der Waals surface area contributed by atoms with Crippen molar-refractivity contribution in [1.82, 2.24) is 24.5 Å². The van der Waals surface area contributed by atoms with Gasteiger partial charge in [0.15, 0.2) is 0 Å². The first-order valence-corrected chi connectivity index (χ1v) is 11.3. The van der Waals surface area contributed by atoms with Crippen molar-refractivity contribution in [2.75, 3.05) is 18.0 Å². The van der Waals surface area contributed by atoms with Gasteiger partial charge in [-0.2, -0.15) is 8.78 Å². The minimum atomic E-state index is -2.87. The molecule has 1 aromatic carbocycles. The number of hydrogen-bond acceptors (Lipinski definition) is 6. The minimum Gasteiger partial charge on any atom is -0.415 e. The smallest absolute Gasteiger partial charge is 0.314 e. The third-order valence-electron chi connectivity index (χ3n) is 5.98. The number of nitrogens with zero attached hydrogens (tertiary/aromatic N) is 6. The van der Waals surface area contributed by atoms with Crippen LogP contribution in [0.1, 0.15) is 31.4 Å². The minimum absolute atomic E-state index is 0.0190. The van der Waals surface area contributed by atoms with Crippen molar-refractivity contribution < 1.29 is 27.2 Å². The number of imidazole rings is 1. The van der Waals surface area contributed by atoms with Crippen LogP contribution < -0.4 is 4.90 Å². The number of anilines is 1. The number of carbonyl (C=O) groups is 2. The molecule has 186 valence electrons. The highest BCUT2D eigenvalue weighted by Crippen LogP contribution is 2.27. The van der Waals surface area contributed by atoms with Crippen molar-refractivity contribution in [3.05, 3.63) is 66.2 Å². The highest BCUT2D eigenvalue weighted by atomic mass is 19.3. The van der Waals surface area contributed by atoms with Gasteiger partial charge in [-0.1, -0.05) is 13.0 Å². The van der Waals surface area contributed by atoms with Crippen LogP contribution in [0.25, 0.3) is 17.1 Å². The quantitative estimate of drug-likeness (QED) is 0.384. The molecule has 1 aliphatic rings. The second-order valence-corrected chi connectivity index (χ2v) is 8.41. The second kappa shape index (κ2) is 9.44. The van der Waals surface area contributed by atoms with E-state index in [0.717, 1.165) is 0 Å². The molecule has 0 unspecified atom stereocenters. The number of hydrogen-bond donors (Lipinski definition) is 0. The summed E-state index contributed by atoms with van der Waals surface area (Å²) in [6, 6.07) is 8.94. The largest absolute Gasteiger partial charge is 0.415 e. The van der Waals surface area contributed by atoms with Crippen LogP contribution in [0.5, 0.6) is 0 Å². The summed E-state index contributed by atoms with van der Waals surface area (Å²) in [5.74, 6) is -1.96. The number of fused-ring (bicyclic) bond motifs is 1. The van der Waals surface area contributed by atoms with Gasteiger partial charge in [0.25, 0.3) is 5.89 Å². The fourth-order valence-electron chi connectivity index (χ4n) is 4.07. The van der Waals surface area contributed by atoms with Gasteiger partial charge in [-0.05, 0) is 30.3 Å². The lowest BCUT2D eigenvalue weighted by Gasteiger charge is -2.40. The van der Waals surface area contributed by atoms with Gasteiger partial charge in [0, 0.05) is 43.2 Å². The molecule has 0 N–H and O–H groups in total. The van der Waals surface area contributed by atoms with Crippen molar-refractivity contribution in [3.8, 4) is 11.5 Å². The maximum atomic E-state index is 14.0. The summed E-state index contributed by atoms with van der Waals surface area (Å²) in [6.45, 7) is 2.46. The number of benzene rings is 1. The molecule has 1 fully saturated rings. The molecule has 0 spiro atoms. The molecule has 4 aromatic rings. The van der Waals surface area contributed by atoms with Crippen molar-refractivity contribution in [2.45, 2.75) is 26.3 Å². The third kappa shape index (κ3) is 4.53. The highest BCUT2D eigenvalue weighted by molar-refractivity contribution is 5.96. The van der Waals surface area contributed by atoms with E-state index >= 15 is 0 Å². The average Bonchev–Trinajstić information content (AvgIpc) is 3.48. The van der Waals surface area contributed by atoms with E-state index in [9.17, 15) is 22.8 Å². The van der Waals surface area contributed by atoms with Crippen LogP contribution in [0.2, 0.25) is 0 Å². The average molecular weight is 498 g/mol. The lowest BCUT2D eigenvalue weighted by molar-refractivity contribution is -0.141. The van der Waals surface area contributed by atoms with Gasteiger partial charge in [0.05, 0.1) is 18.2 Å². The zero-order valence-electron chi connectivity index (χ0n) is 19.1. The van der Waals surface area contributed by atoms with Crippen LogP contribution in [0.4, 0.5) is 18.9 Å². The Morgan fingerprint density at radius 2 is 2.00 bits per heavy atom. The van der Waals surface area contributed by atoms with Crippen LogP contribution in [-0.4, -0.2) is 49.4 Å². The summed E-state index contributed by atoms with van der Waals surface area (Å²) in [5, 5.41) is 6.99. The summed E-state index contributed by atoms with van der Waals surface area (Å²) < 4.78 is 46.3. The van der Waals surface area contributed by atoms with E-state index in [0.29, 0.717) is 42.1 Å². The van der Waals surface area contributed by atoms with Gasteiger partial charge in [0.1, 0.15) is 11.5 Å². The Kier molecular flexibility index (Phi) is 6.17. The maximum absolute atomic E-state index is 14.0. The standard InChI is InChI=1S/C24H21F3N6O3/c1-2-20(34)32-10-15(11-32)24(35)33(18-5-3-4-16(25)9-18)13-17-12-31-7-6-14(8-19(31)28-17)22-29-30-23(36-22)21(26)27/h3-9,12,15,21H,2,10-11,13H2,1H3. The highest BCUT2D eigenvalue weighted by Gasteiger charge is 2.38. The molecule has 3 aromatic heterocycles. The van der Waals surface area contributed by atoms with Crippen LogP contribution in [0, 0.1) is 11.7 Å². The molecule has 0 radical (unpaired) electrons. The Bertz CT molecular complexity index is 1430. The Morgan fingerprint density at radius 3 is 2.69 bits per heavy atom. The fourth-order valence-corrected chi connectivity index (χ4v) is 4.07. The van der Waals surface area contributed by atoms with E-state index in [4.69, 9.17) is 4.42 Å². The molecule has 1 saturated heterocycles. The first-order valence-electron chi connectivity index (χ1n) is 11.3. The first-order chi connectivity index (χ1) is 17.3. The molecule has 2 amide bonds. The van der Waals surface area contributed by atoms with Crippen LogP contribution in [0.15, 0.2) is 53.2 Å². The van der Waals surface area contributed by atoms with Crippen molar-refractivity contribution in [3.63, 3.8) is 0 Å². The number of likely N-dealkylation sites (tertiary alicyclic amines) is 1. The first kappa shape index (κ1) is 23.5. The molecule has 0 atom stereocenters. The Hall–Kier alpha value is -4.22. The van der Waals surface area contributed by atoms with Crippen molar-refractivity contribution in [1.29, 1.82) is 0 Å². The molecular weight excluding hydrogens is 477 g/mol. The summed E-state index contributed by atoms with van der Waals surface area (Å²) in [6.07, 6.45) is 0.861. The van der Waals surface area contributed by atoms with E-state index in [1.807, 2.05) is 0 Å². The normalized spacial score (nSPS) is 13.9. The lowest BCUT2D eigenvalue weighted by atomic mass is 9.97. The van der Waals surface area contributed by atoms with Gasteiger partial charge in [0.2, 0.25) is 17.7 Å². The van der Waals surface area contributed by atoms with Gasteiger partial charge in [-0.25, -0.2) is 9.37 Å². The lowest BCUT2D eigenvalue weighted by Crippen LogP contribution is -2.56. The maximum Gasteiger partial charge on any atom is 0.314 e. The molecular formula is C24H21F3N6O3. The van der Waals surface area contributed by atoms with Gasteiger partial charge in [-0.3, -0.25) is 9.59 Å². The molecule has 0 bridgehead atoms. The molecule has 1 aliphatic heterocycles. The molecule has 9 nitrogen and oxygen atoms in total.